The third-order valence-electron chi connectivity index (χ3n) is 2.51. The van der Waals surface area contributed by atoms with E-state index in [1.807, 2.05) is 29.2 Å². The predicted molar refractivity (Wildman–Crippen MR) is 68.5 cm³/mol. The van der Waals surface area contributed by atoms with E-state index in [9.17, 15) is 0 Å². The standard InChI is InChI=1S/C14H16N2O/c17-10-2-1-3-13-4-6-14(7-5-13)11-16-9-8-15-12-16/h1,3-9,12,17H,2,10-11H2/b3-1+. The quantitative estimate of drug-likeness (QED) is 0.853. The van der Waals surface area contributed by atoms with E-state index < -0.39 is 0 Å². The number of hydrogen-bond donors (Lipinski definition) is 1. The molecule has 0 aliphatic rings. The summed E-state index contributed by atoms with van der Waals surface area (Å²) in [4.78, 5) is 4.01. The van der Waals surface area contributed by atoms with Crippen LogP contribution < -0.4 is 0 Å². The number of aromatic nitrogens is 2. The van der Waals surface area contributed by atoms with Gasteiger partial charge in [-0.05, 0) is 17.5 Å². The predicted octanol–water partition coefficient (Wildman–Crippen LogP) is 2.33. The van der Waals surface area contributed by atoms with Gasteiger partial charge in [-0.2, -0.15) is 0 Å². The van der Waals surface area contributed by atoms with E-state index in [0.717, 1.165) is 12.1 Å². The van der Waals surface area contributed by atoms with Crippen molar-refractivity contribution in [1.29, 1.82) is 0 Å². The van der Waals surface area contributed by atoms with Gasteiger partial charge in [0.2, 0.25) is 0 Å². The molecule has 0 amide bonds. The van der Waals surface area contributed by atoms with Crippen LogP contribution in [0.2, 0.25) is 0 Å². The van der Waals surface area contributed by atoms with Crippen LogP contribution in [-0.2, 0) is 6.54 Å². The van der Waals surface area contributed by atoms with Gasteiger partial charge in [0.1, 0.15) is 0 Å². The lowest BCUT2D eigenvalue weighted by atomic mass is 10.1. The maximum absolute atomic E-state index is 8.67. The molecule has 0 aliphatic carbocycles. The van der Waals surface area contributed by atoms with Crippen molar-refractivity contribution in [2.24, 2.45) is 0 Å². The molecule has 88 valence electrons. The number of hydrogen-bond acceptors (Lipinski definition) is 2. The summed E-state index contributed by atoms with van der Waals surface area (Å²) < 4.78 is 2.04. The minimum absolute atomic E-state index is 0.204. The summed E-state index contributed by atoms with van der Waals surface area (Å²) in [6.07, 6.45) is 10.3. The van der Waals surface area contributed by atoms with Crippen molar-refractivity contribution >= 4 is 6.08 Å². The zero-order chi connectivity index (χ0) is 11.9. The highest BCUT2D eigenvalue weighted by Gasteiger charge is 1.94. The Hall–Kier alpha value is -1.87. The number of imidazole rings is 1. The van der Waals surface area contributed by atoms with E-state index in [1.165, 1.54) is 5.56 Å². The first-order valence-corrected chi connectivity index (χ1v) is 5.70. The average Bonchev–Trinajstić information content (AvgIpc) is 2.85. The van der Waals surface area contributed by atoms with Gasteiger partial charge >= 0.3 is 0 Å². The molecule has 0 unspecified atom stereocenters. The van der Waals surface area contributed by atoms with Crippen LogP contribution in [0.25, 0.3) is 6.08 Å². The number of aliphatic hydroxyl groups excluding tert-OH is 1. The lowest BCUT2D eigenvalue weighted by molar-refractivity contribution is 0.303. The Morgan fingerprint density at radius 2 is 2.06 bits per heavy atom. The van der Waals surface area contributed by atoms with Crippen LogP contribution in [0.1, 0.15) is 17.5 Å². The molecule has 2 aromatic rings. The van der Waals surface area contributed by atoms with Gasteiger partial charge in [-0.25, -0.2) is 4.98 Å². The monoisotopic (exact) mass is 228 g/mol. The van der Waals surface area contributed by atoms with Crippen molar-refractivity contribution in [3.05, 3.63) is 60.2 Å². The topological polar surface area (TPSA) is 38.0 Å². The smallest absolute Gasteiger partial charge is 0.0949 e. The molecule has 3 nitrogen and oxygen atoms in total. The first-order valence-electron chi connectivity index (χ1n) is 5.70. The summed E-state index contributed by atoms with van der Waals surface area (Å²) in [5.41, 5.74) is 2.41. The van der Waals surface area contributed by atoms with Crippen LogP contribution in [0.5, 0.6) is 0 Å². The van der Waals surface area contributed by atoms with E-state index in [0.29, 0.717) is 6.42 Å². The molecule has 17 heavy (non-hydrogen) atoms. The number of benzene rings is 1. The van der Waals surface area contributed by atoms with Gasteiger partial charge in [0, 0.05) is 25.5 Å². The van der Waals surface area contributed by atoms with Gasteiger partial charge in [-0.3, -0.25) is 0 Å². The van der Waals surface area contributed by atoms with Gasteiger partial charge in [0.15, 0.2) is 0 Å². The minimum atomic E-state index is 0.204. The molecule has 0 fully saturated rings. The van der Waals surface area contributed by atoms with Crippen LogP contribution in [0.3, 0.4) is 0 Å². The molecular weight excluding hydrogens is 212 g/mol. The number of rotatable bonds is 5. The van der Waals surface area contributed by atoms with E-state index >= 15 is 0 Å². The van der Waals surface area contributed by atoms with E-state index in [4.69, 9.17) is 5.11 Å². The summed E-state index contributed by atoms with van der Waals surface area (Å²) in [5.74, 6) is 0. The Kier molecular flexibility index (Phi) is 4.11. The molecular formula is C14H16N2O. The average molecular weight is 228 g/mol. The zero-order valence-corrected chi connectivity index (χ0v) is 9.66. The van der Waals surface area contributed by atoms with Crippen molar-refractivity contribution in [1.82, 2.24) is 9.55 Å². The maximum Gasteiger partial charge on any atom is 0.0949 e. The van der Waals surface area contributed by atoms with E-state index in [2.05, 4.69) is 29.2 Å². The lowest BCUT2D eigenvalue weighted by Gasteiger charge is -2.02. The highest BCUT2D eigenvalue weighted by Crippen LogP contribution is 2.08. The van der Waals surface area contributed by atoms with Crippen molar-refractivity contribution in [3.8, 4) is 0 Å². The van der Waals surface area contributed by atoms with Gasteiger partial charge < -0.3 is 9.67 Å². The number of aliphatic hydroxyl groups is 1. The van der Waals surface area contributed by atoms with Gasteiger partial charge in [-0.1, -0.05) is 36.4 Å². The molecule has 0 saturated carbocycles. The van der Waals surface area contributed by atoms with Crippen molar-refractivity contribution in [2.45, 2.75) is 13.0 Å². The molecule has 1 N–H and O–H groups in total. The largest absolute Gasteiger partial charge is 0.396 e. The summed E-state index contributed by atoms with van der Waals surface area (Å²) in [6.45, 7) is 1.05. The van der Waals surface area contributed by atoms with Crippen LogP contribution in [0.4, 0.5) is 0 Å². The SMILES string of the molecule is OCC/C=C/c1ccc(Cn2ccnc2)cc1. The zero-order valence-electron chi connectivity index (χ0n) is 9.66. The van der Waals surface area contributed by atoms with E-state index in [1.54, 1.807) is 6.20 Å². The second-order valence-electron chi connectivity index (χ2n) is 3.89. The molecule has 1 heterocycles. The Balaban J connectivity index is 1.98. The third-order valence-corrected chi connectivity index (χ3v) is 2.51. The Bertz CT molecular complexity index is 457. The Morgan fingerprint density at radius 1 is 1.24 bits per heavy atom. The summed E-state index contributed by atoms with van der Waals surface area (Å²) in [6, 6.07) is 8.39. The fourth-order valence-corrected chi connectivity index (χ4v) is 1.62. The minimum Gasteiger partial charge on any atom is -0.396 e. The molecule has 2 rings (SSSR count). The van der Waals surface area contributed by atoms with Crippen LogP contribution in [0, 0.1) is 0 Å². The molecule has 0 spiro atoms. The number of nitrogens with zero attached hydrogens (tertiary/aromatic N) is 2. The normalized spacial score (nSPS) is 11.1. The van der Waals surface area contributed by atoms with Crippen LogP contribution in [-0.4, -0.2) is 21.3 Å². The molecule has 0 atom stereocenters. The molecule has 1 aromatic carbocycles. The molecule has 0 radical (unpaired) electrons. The van der Waals surface area contributed by atoms with Gasteiger partial charge in [0.25, 0.3) is 0 Å². The second kappa shape index (κ2) is 6.01. The van der Waals surface area contributed by atoms with Crippen LogP contribution >= 0.6 is 0 Å². The Labute approximate surface area is 101 Å². The molecule has 0 bridgehead atoms. The molecule has 0 saturated heterocycles. The Morgan fingerprint density at radius 3 is 2.71 bits per heavy atom. The first-order chi connectivity index (χ1) is 8.38. The highest BCUT2D eigenvalue weighted by atomic mass is 16.2. The molecule has 0 aliphatic heterocycles. The summed E-state index contributed by atoms with van der Waals surface area (Å²) in [7, 11) is 0. The first kappa shape index (κ1) is 11.6. The van der Waals surface area contributed by atoms with Crippen molar-refractivity contribution in [3.63, 3.8) is 0 Å². The van der Waals surface area contributed by atoms with Gasteiger partial charge in [0.05, 0.1) is 6.33 Å². The van der Waals surface area contributed by atoms with Gasteiger partial charge in [-0.15, -0.1) is 0 Å². The maximum atomic E-state index is 8.67. The summed E-state index contributed by atoms with van der Waals surface area (Å²) in [5, 5.41) is 8.67. The summed E-state index contributed by atoms with van der Waals surface area (Å²) >= 11 is 0. The highest BCUT2D eigenvalue weighted by molar-refractivity contribution is 5.49. The fourth-order valence-electron chi connectivity index (χ4n) is 1.62. The van der Waals surface area contributed by atoms with Crippen molar-refractivity contribution < 1.29 is 5.11 Å². The van der Waals surface area contributed by atoms with Crippen LogP contribution in [0.15, 0.2) is 49.1 Å². The van der Waals surface area contributed by atoms with E-state index in [-0.39, 0.29) is 6.61 Å². The third kappa shape index (κ3) is 3.57. The second-order valence-corrected chi connectivity index (χ2v) is 3.89. The lowest BCUT2D eigenvalue weighted by Crippen LogP contribution is -1.95. The fraction of sp³-hybridized carbons (Fsp3) is 0.214. The van der Waals surface area contributed by atoms with Crippen molar-refractivity contribution in [2.75, 3.05) is 6.61 Å². The molecule has 1 aromatic heterocycles. The molecule has 3 heteroatoms.